The number of nitrogens with zero attached hydrogens (tertiary/aromatic N) is 1. The molecule has 0 radical (unpaired) electrons. The topological polar surface area (TPSA) is 88.9 Å². The van der Waals surface area contributed by atoms with E-state index in [1.54, 1.807) is 24.3 Å². The number of benzene rings is 3. The number of aryl methyl sites for hydroxylation is 1. The van der Waals surface area contributed by atoms with Crippen LogP contribution in [0.25, 0.3) is 0 Å². The fourth-order valence-corrected chi connectivity index (χ4v) is 4.79. The predicted octanol–water partition coefficient (Wildman–Crippen LogP) is 6.86. The molecule has 2 amide bonds. The zero-order valence-corrected chi connectivity index (χ0v) is 21.6. The molecule has 3 aromatic carbocycles. The lowest BCUT2D eigenvalue weighted by Gasteiger charge is -2.23. The van der Waals surface area contributed by atoms with Crippen molar-refractivity contribution >= 4 is 21.8 Å². The van der Waals surface area contributed by atoms with Crippen molar-refractivity contribution < 1.29 is 35.0 Å². The Hall–Kier alpha value is -4.25. The number of anilines is 1. The third kappa shape index (κ3) is 7.20. The van der Waals surface area contributed by atoms with Crippen molar-refractivity contribution in [1.82, 2.24) is 4.90 Å². The smallest absolute Gasteiger partial charge is 0.416 e. The van der Waals surface area contributed by atoms with Gasteiger partial charge in [-0.3, -0.25) is 0 Å². The summed E-state index contributed by atoms with van der Waals surface area (Å²) >= 11 is 0. The summed E-state index contributed by atoms with van der Waals surface area (Å²) in [5, 5.41) is 2.93. The average molecular weight is 559 g/mol. The molecule has 0 saturated carbocycles. The lowest BCUT2D eigenvalue weighted by Crippen LogP contribution is -2.34. The fourth-order valence-electron chi connectivity index (χ4n) is 3.81. The van der Waals surface area contributed by atoms with Gasteiger partial charge in [-0.25, -0.2) is 4.79 Å². The van der Waals surface area contributed by atoms with Crippen LogP contribution in [0.1, 0.15) is 29.4 Å². The number of nitrogens with one attached hydrogen (secondary N) is 1. The zero-order chi connectivity index (χ0) is 28.0. The molecule has 0 aliphatic carbocycles. The first kappa shape index (κ1) is 27.8. The van der Waals surface area contributed by atoms with E-state index in [9.17, 15) is 26.4 Å². The van der Waals surface area contributed by atoms with Crippen LogP contribution in [-0.2, 0) is 35.8 Å². The Balaban J connectivity index is 1.49. The lowest BCUT2D eigenvalue weighted by atomic mass is 10.1. The van der Waals surface area contributed by atoms with Gasteiger partial charge in [-0.1, -0.05) is 43.3 Å². The first-order chi connectivity index (χ1) is 18.5. The minimum Gasteiger partial charge on any atom is -0.467 e. The molecular weight excluding hydrogens is 533 g/mol. The second kappa shape index (κ2) is 11.6. The van der Waals surface area contributed by atoms with Crippen molar-refractivity contribution in [2.75, 3.05) is 5.32 Å². The van der Waals surface area contributed by atoms with Crippen molar-refractivity contribution in [3.05, 3.63) is 114 Å². The van der Waals surface area contributed by atoms with Crippen molar-refractivity contribution in [3.8, 4) is 5.75 Å². The first-order valence-electron chi connectivity index (χ1n) is 11.9. The van der Waals surface area contributed by atoms with E-state index in [2.05, 4.69) is 5.32 Å². The molecule has 0 atom stereocenters. The van der Waals surface area contributed by atoms with Crippen molar-refractivity contribution in [2.24, 2.45) is 0 Å². The van der Waals surface area contributed by atoms with Gasteiger partial charge in [0.25, 0.3) is 0 Å². The van der Waals surface area contributed by atoms with Crippen molar-refractivity contribution in [3.63, 3.8) is 0 Å². The Morgan fingerprint density at radius 2 is 1.69 bits per heavy atom. The monoisotopic (exact) mass is 558 g/mol. The summed E-state index contributed by atoms with van der Waals surface area (Å²) in [4.78, 5) is 14.1. The summed E-state index contributed by atoms with van der Waals surface area (Å²) in [6, 6.07) is 19.8. The summed E-state index contributed by atoms with van der Waals surface area (Å²) in [5.74, 6) is 0.483. The summed E-state index contributed by atoms with van der Waals surface area (Å²) in [6.07, 6.45) is -2.45. The van der Waals surface area contributed by atoms with Gasteiger partial charge in [-0.05, 0) is 66.1 Å². The molecule has 4 rings (SSSR count). The second-order valence-electron chi connectivity index (χ2n) is 8.58. The van der Waals surface area contributed by atoms with Gasteiger partial charge >= 0.3 is 22.3 Å². The van der Waals surface area contributed by atoms with Gasteiger partial charge in [-0.15, -0.1) is 0 Å². The Morgan fingerprint density at radius 1 is 0.949 bits per heavy atom. The highest BCUT2D eigenvalue weighted by Gasteiger charge is 2.32. The molecule has 39 heavy (non-hydrogen) atoms. The largest absolute Gasteiger partial charge is 0.467 e. The van der Waals surface area contributed by atoms with E-state index in [0.717, 1.165) is 30.2 Å². The number of amides is 2. The minimum absolute atomic E-state index is 0.0879. The number of halogens is 3. The van der Waals surface area contributed by atoms with E-state index in [1.807, 2.05) is 31.2 Å². The van der Waals surface area contributed by atoms with Crippen molar-refractivity contribution in [1.29, 1.82) is 0 Å². The quantitative estimate of drug-likeness (QED) is 0.227. The van der Waals surface area contributed by atoms with Gasteiger partial charge in [0.05, 0.1) is 18.4 Å². The Kier molecular flexibility index (Phi) is 8.29. The molecule has 0 aliphatic heterocycles. The van der Waals surface area contributed by atoms with Gasteiger partial charge in [0.2, 0.25) is 0 Å². The number of rotatable bonds is 9. The zero-order valence-electron chi connectivity index (χ0n) is 20.8. The van der Waals surface area contributed by atoms with Crippen LogP contribution >= 0.6 is 0 Å². The molecular formula is C28H25F3N2O5S. The van der Waals surface area contributed by atoms with Crippen LogP contribution in [0, 0.1) is 0 Å². The molecule has 11 heteroatoms. The highest BCUT2D eigenvalue weighted by atomic mass is 32.2. The molecule has 1 N–H and O–H groups in total. The van der Waals surface area contributed by atoms with Gasteiger partial charge in [0.15, 0.2) is 0 Å². The minimum atomic E-state index is -4.69. The third-order valence-corrected chi connectivity index (χ3v) is 7.05. The second-order valence-corrected chi connectivity index (χ2v) is 10.1. The van der Waals surface area contributed by atoms with Crippen LogP contribution in [0.4, 0.5) is 23.7 Å². The van der Waals surface area contributed by atoms with Gasteiger partial charge in [0.1, 0.15) is 16.4 Å². The highest BCUT2D eigenvalue weighted by Crippen LogP contribution is 2.31. The van der Waals surface area contributed by atoms with Crippen LogP contribution in [0.2, 0.25) is 0 Å². The molecule has 204 valence electrons. The van der Waals surface area contributed by atoms with Crippen molar-refractivity contribution in [2.45, 2.75) is 37.5 Å². The summed E-state index contributed by atoms with van der Waals surface area (Å²) < 4.78 is 74.6. The molecule has 0 unspecified atom stereocenters. The normalized spacial score (nSPS) is 11.7. The van der Waals surface area contributed by atoms with E-state index < -0.39 is 26.8 Å². The first-order valence-corrected chi connectivity index (χ1v) is 13.3. The van der Waals surface area contributed by atoms with Crippen LogP contribution in [-0.4, -0.2) is 19.3 Å². The van der Waals surface area contributed by atoms with Gasteiger partial charge in [0, 0.05) is 12.2 Å². The molecule has 7 nitrogen and oxygen atoms in total. The maximum absolute atomic E-state index is 13.2. The predicted molar refractivity (Wildman–Crippen MR) is 138 cm³/mol. The molecule has 0 aliphatic rings. The average Bonchev–Trinajstić information content (AvgIpc) is 3.42. The van der Waals surface area contributed by atoms with E-state index >= 15 is 0 Å². The molecule has 0 saturated heterocycles. The number of furan rings is 1. The van der Waals surface area contributed by atoms with Gasteiger partial charge < -0.3 is 18.8 Å². The molecule has 0 spiro atoms. The number of carbonyl (C=O) groups excluding carboxylic acids is 1. The number of hydrogen-bond donors (Lipinski definition) is 1. The number of alkyl halides is 3. The molecule has 4 aromatic rings. The van der Waals surface area contributed by atoms with E-state index in [1.165, 1.54) is 23.3 Å². The standard InChI is InChI=1S/C28H25F3N2O5S/c1-2-21-7-3-4-11-26(21)32-27(34)33(19-24-9-6-16-37-24)18-20-12-14-23(15-13-20)38-39(35,36)25-10-5-8-22(17-25)28(29,30)31/h3-17H,2,18-19H2,1H3,(H,32,34). The van der Waals surface area contributed by atoms with E-state index in [0.29, 0.717) is 23.1 Å². The van der Waals surface area contributed by atoms with Crippen LogP contribution in [0.3, 0.4) is 0 Å². The number of carbonyl (C=O) groups is 1. The lowest BCUT2D eigenvalue weighted by molar-refractivity contribution is -0.137. The highest BCUT2D eigenvalue weighted by molar-refractivity contribution is 7.87. The van der Waals surface area contributed by atoms with E-state index in [4.69, 9.17) is 8.60 Å². The summed E-state index contributed by atoms with van der Waals surface area (Å²) in [6.45, 7) is 2.32. The fraction of sp³-hybridized carbons (Fsp3) is 0.179. The van der Waals surface area contributed by atoms with Crippen LogP contribution in [0.15, 0.2) is 101 Å². The molecule has 1 heterocycles. The summed E-state index contributed by atoms with van der Waals surface area (Å²) in [5.41, 5.74) is 1.23. The Bertz CT molecular complexity index is 1520. The Morgan fingerprint density at radius 3 is 2.36 bits per heavy atom. The van der Waals surface area contributed by atoms with Gasteiger partial charge in [-0.2, -0.15) is 21.6 Å². The molecule has 0 bridgehead atoms. The molecule has 0 fully saturated rings. The Labute approximate surface area is 224 Å². The maximum Gasteiger partial charge on any atom is 0.416 e. The summed E-state index contributed by atoms with van der Waals surface area (Å²) in [7, 11) is -4.51. The maximum atomic E-state index is 13.2. The van der Waals surface area contributed by atoms with Crippen LogP contribution in [0.5, 0.6) is 5.75 Å². The SMILES string of the molecule is CCc1ccccc1NC(=O)N(Cc1ccc(OS(=O)(=O)c2cccc(C(F)(F)F)c2)cc1)Cc1ccco1. The number of urea groups is 1. The molecule has 1 aromatic heterocycles. The number of hydrogen-bond acceptors (Lipinski definition) is 5. The number of para-hydroxylation sites is 1. The van der Waals surface area contributed by atoms with Crippen LogP contribution < -0.4 is 9.50 Å². The third-order valence-electron chi connectivity index (χ3n) is 5.81. The van der Waals surface area contributed by atoms with E-state index in [-0.39, 0.29) is 24.9 Å².